The summed E-state index contributed by atoms with van der Waals surface area (Å²) in [6.07, 6.45) is 0.377. The summed E-state index contributed by atoms with van der Waals surface area (Å²) in [7, 11) is 1.30. The first-order chi connectivity index (χ1) is 8.08. The number of carbonyl (C=O) groups is 1. The highest BCUT2D eigenvalue weighted by Gasteiger charge is 2.29. The van der Waals surface area contributed by atoms with E-state index in [1.54, 1.807) is 19.0 Å². The highest BCUT2D eigenvalue weighted by molar-refractivity contribution is 6.70. The van der Waals surface area contributed by atoms with Crippen LogP contribution >= 0.6 is 0 Å². The highest BCUT2D eigenvalue weighted by Crippen LogP contribution is 2.19. The Morgan fingerprint density at radius 2 is 2.12 bits per heavy atom. The fourth-order valence-corrected chi connectivity index (χ4v) is 1.58. The molecule has 1 aromatic rings. The average molecular weight is 233 g/mol. The number of esters is 1. The molecule has 1 unspecified atom stereocenters. The molecule has 88 valence electrons. The first-order valence-electron chi connectivity index (χ1n) is 5.30. The van der Waals surface area contributed by atoms with Crippen molar-refractivity contribution in [3.63, 3.8) is 0 Å². The van der Waals surface area contributed by atoms with Gasteiger partial charge in [0.2, 0.25) is 0 Å². The molecule has 0 aliphatic carbocycles. The predicted octanol–water partition coefficient (Wildman–Crippen LogP) is 2.10. The summed E-state index contributed by atoms with van der Waals surface area (Å²) < 4.78 is 17.4. The number of hydrogen-bond donors (Lipinski definition) is 0. The van der Waals surface area contributed by atoms with E-state index in [1.807, 2.05) is 5.97 Å². The van der Waals surface area contributed by atoms with Crippen LogP contribution in [0, 0.1) is 17.0 Å². The normalized spacial score (nSPS) is 11.4. The Hall–Kier alpha value is -1.83. The standard InChI is InChI=1S/C12H13BFNO2/c1-13(8-15)11(12(16)17-2)7-9-3-5-10(14)6-4-9/h3-6,11H,7H2,1-2H3. The van der Waals surface area contributed by atoms with Crippen molar-refractivity contribution >= 4 is 12.7 Å². The second-order valence-electron chi connectivity index (χ2n) is 3.88. The van der Waals surface area contributed by atoms with Gasteiger partial charge in [0.1, 0.15) is 5.82 Å². The van der Waals surface area contributed by atoms with E-state index < -0.39 is 18.5 Å². The lowest BCUT2D eigenvalue weighted by Crippen LogP contribution is -2.26. The number of nitriles is 1. The summed E-state index contributed by atoms with van der Waals surface area (Å²) >= 11 is 0. The minimum atomic E-state index is -0.518. The molecule has 3 nitrogen and oxygen atoms in total. The van der Waals surface area contributed by atoms with Gasteiger partial charge in [-0.25, -0.2) is 9.65 Å². The van der Waals surface area contributed by atoms with E-state index in [2.05, 4.69) is 4.74 Å². The monoisotopic (exact) mass is 233 g/mol. The van der Waals surface area contributed by atoms with Crippen molar-refractivity contribution in [2.24, 2.45) is 0 Å². The zero-order valence-electron chi connectivity index (χ0n) is 9.81. The van der Waals surface area contributed by atoms with Crippen molar-refractivity contribution in [2.75, 3.05) is 7.11 Å². The van der Waals surface area contributed by atoms with Gasteiger partial charge in [0.15, 0.2) is 0 Å². The third-order valence-corrected chi connectivity index (χ3v) is 2.68. The van der Waals surface area contributed by atoms with Crippen LogP contribution in [-0.2, 0) is 16.0 Å². The molecule has 0 saturated carbocycles. The molecule has 0 bridgehead atoms. The van der Waals surface area contributed by atoms with E-state index in [4.69, 9.17) is 5.26 Å². The van der Waals surface area contributed by atoms with Gasteiger partial charge in [-0.3, -0.25) is 4.79 Å². The minimum absolute atomic E-state index is 0.323. The lowest BCUT2D eigenvalue weighted by molar-refractivity contribution is -0.140. The molecule has 0 amide bonds. The van der Waals surface area contributed by atoms with E-state index >= 15 is 0 Å². The topological polar surface area (TPSA) is 50.1 Å². The number of ether oxygens (including phenoxy) is 1. The van der Waals surface area contributed by atoms with E-state index in [0.717, 1.165) is 5.56 Å². The number of methoxy groups -OCH3 is 1. The van der Waals surface area contributed by atoms with Crippen LogP contribution in [0.1, 0.15) is 5.56 Å². The van der Waals surface area contributed by atoms with Crippen molar-refractivity contribution in [2.45, 2.75) is 19.1 Å². The lowest BCUT2D eigenvalue weighted by atomic mass is 9.43. The third-order valence-electron chi connectivity index (χ3n) is 2.68. The molecular formula is C12H13BFNO2. The van der Waals surface area contributed by atoms with Gasteiger partial charge in [0, 0.05) is 5.97 Å². The maximum atomic E-state index is 12.7. The van der Waals surface area contributed by atoms with Crippen molar-refractivity contribution in [1.82, 2.24) is 0 Å². The van der Waals surface area contributed by atoms with Crippen molar-refractivity contribution in [1.29, 1.82) is 5.26 Å². The van der Waals surface area contributed by atoms with E-state index in [9.17, 15) is 9.18 Å². The van der Waals surface area contributed by atoms with E-state index in [1.165, 1.54) is 19.2 Å². The number of hydrogen-bond acceptors (Lipinski definition) is 3. The van der Waals surface area contributed by atoms with Crippen LogP contribution in [0.25, 0.3) is 0 Å². The second-order valence-corrected chi connectivity index (χ2v) is 3.88. The zero-order valence-corrected chi connectivity index (χ0v) is 9.81. The fourth-order valence-electron chi connectivity index (χ4n) is 1.58. The molecule has 5 heteroatoms. The molecule has 0 fully saturated rings. The molecule has 1 aromatic carbocycles. The van der Waals surface area contributed by atoms with Gasteiger partial charge < -0.3 is 4.74 Å². The zero-order chi connectivity index (χ0) is 12.8. The first-order valence-corrected chi connectivity index (χ1v) is 5.30. The Morgan fingerprint density at radius 3 is 2.59 bits per heavy atom. The number of nitrogens with zero attached hydrogens (tertiary/aromatic N) is 1. The van der Waals surface area contributed by atoms with Gasteiger partial charge in [-0.15, -0.1) is 0 Å². The molecule has 0 heterocycles. The van der Waals surface area contributed by atoms with E-state index in [0.29, 0.717) is 6.42 Å². The average Bonchev–Trinajstić information content (AvgIpc) is 2.36. The van der Waals surface area contributed by atoms with Crippen LogP contribution < -0.4 is 0 Å². The van der Waals surface area contributed by atoms with Gasteiger partial charge >= 0.3 is 5.97 Å². The van der Waals surface area contributed by atoms with Gasteiger partial charge in [-0.05, 0) is 24.1 Å². The first kappa shape index (κ1) is 13.2. The quantitative estimate of drug-likeness (QED) is 0.591. The molecule has 0 radical (unpaired) electrons. The Balaban J connectivity index is 2.83. The number of rotatable bonds is 4. The van der Waals surface area contributed by atoms with Crippen LogP contribution in [0.5, 0.6) is 0 Å². The van der Waals surface area contributed by atoms with Crippen molar-refractivity contribution in [3.8, 4) is 5.97 Å². The van der Waals surface area contributed by atoms with Crippen LogP contribution in [0.4, 0.5) is 4.39 Å². The van der Waals surface area contributed by atoms with Gasteiger partial charge in [-0.1, -0.05) is 19.0 Å². The predicted molar refractivity (Wildman–Crippen MR) is 63.1 cm³/mol. The molecular weight excluding hydrogens is 220 g/mol. The molecule has 0 saturated heterocycles. The number of carbonyl (C=O) groups excluding carboxylic acids is 1. The summed E-state index contributed by atoms with van der Waals surface area (Å²) in [4.78, 5) is 11.5. The molecule has 1 rings (SSSR count). The maximum Gasteiger partial charge on any atom is 0.302 e. The fraction of sp³-hybridized carbons (Fsp3) is 0.333. The Bertz CT molecular complexity index is 427. The highest BCUT2D eigenvalue weighted by atomic mass is 19.1. The maximum absolute atomic E-state index is 12.7. The molecule has 0 N–H and O–H groups in total. The summed E-state index contributed by atoms with van der Waals surface area (Å²) in [5.41, 5.74) is 0.809. The molecule has 1 atom stereocenters. The summed E-state index contributed by atoms with van der Waals surface area (Å²) in [6, 6.07) is 5.88. The van der Waals surface area contributed by atoms with Crippen LogP contribution in [-0.4, -0.2) is 19.8 Å². The SMILES string of the molecule is COC(=O)C(Cc1ccc(F)cc1)B(C)C#N. The number of benzene rings is 1. The summed E-state index contributed by atoms with van der Waals surface area (Å²) in [5.74, 6) is 0.783. The summed E-state index contributed by atoms with van der Waals surface area (Å²) in [5, 5.41) is 8.85. The molecule has 0 aliphatic heterocycles. The molecule has 0 aromatic heterocycles. The van der Waals surface area contributed by atoms with Crippen molar-refractivity contribution < 1.29 is 13.9 Å². The Morgan fingerprint density at radius 1 is 1.53 bits per heavy atom. The van der Waals surface area contributed by atoms with Gasteiger partial charge in [0.25, 0.3) is 6.71 Å². The second kappa shape index (κ2) is 6.04. The molecule has 0 aliphatic rings. The molecule has 0 spiro atoms. The lowest BCUT2D eigenvalue weighted by Gasteiger charge is -2.14. The largest absolute Gasteiger partial charge is 0.469 e. The van der Waals surface area contributed by atoms with Crippen LogP contribution in [0.2, 0.25) is 12.6 Å². The Kier molecular flexibility index (Phi) is 4.71. The van der Waals surface area contributed by atoms with Crippen LogP contribution in [0.15, 0.2) is 24.3 Å². The van der Waals surface area contributed by atoms with Gasteiger partial charge in [0.05, 0.1) is 12.9 Å². The third kappa shape index (κ3) is 3.60. The summed E-state index contributed by atoms with van der Waals surface area (Å²) in [6.45, 7) is 1.23. The van der Waals surface area contributed by atoms with Crippen molar-refractivity contribution in [3.05, 3.63) is 35.6 Å². The van der Waals surface area contributed by atoms with Crippen LogP contribution in [0.3, 0.4) is 0 Å². The van der Waals surface area contributed by atoms with Gasteiger partial charge in [-0.2, -0.15) is 0 Å². The van der Waals surface area contributed by atoms with E-state index in [-0.39, 0.29) is 5.82 Å². The molecule has 17 heavy (non-hydrogen) atoms. The Labute approximate surface area is 100 Å². The minimum Gasteiger partial charge on any atom is -0.469 e. The number of halogens is 1. The smallest absolute Gasteiger partial charge is 0.302 e.